The zero-order valence-electron chi connectivity index (χ0n) is 12.5. The van der Waals surface area contributed by atoms with Crippen LogP contribution in [0.25, 0.3) is 0 Å². The van der Waals surface area contributed by atoms with E-state index in [1.165, 1.54) is 6.08 Å². The molecule has 0 aromatic heterocycles. The average molecular weight is 277 g/mol. The van der Waals surface area contributed by atoms with E-state index in [1.807, 2.05) is 18.2 Å². The fourth-order valence-electron chi connectivity index (χ4n) is 1.84. The van der Waals surface area contributed by atoms with Crippen molar-refractivity contribution in [3.8, 4) is 5.75 Å². The summed E-state index contributed by atoms with van der Waals surface area (Å²) in [4.78, 5) is 13.4. The van der Waals surface area contributed by atoms with Crippen molar-refractivity contribution in [2.45, 2.75) is 20.8 Å². The molecule has 0 atom stereocenters. The Kier molecular flexibility index (Phi) is 7.25. The number of hydrogen-bond donors (Lipinski definition) is 0. The minimum absolute atomic E-state index is 0.340. The SMILES string of the molecule is CCOC(=O)/C=C/COc1cccc(N(CC)CC)c1. The van der Waals surface area contributed by atoms with Crippen molar-refractivity contribution in [1.82, 2.24) is 0 Å². The first-order chi connectivity index (χ1) is 9.71. The lowest BCUT2D eigenvalue weighted by atomic mass is 10.2. The van der Waals surface area contributed by atoms with E-state index < -0.39 is 0 Å². The van der Waals surface area contributed by atoms with Crippen molar-refractivity contribution < 1.29 is 14.3 Å². The molecule has 0 N–H and O–H groups in total. The van der Waals surface area contributed by atoms with Crippen LogP contribution in [0.4, 0.5) is 5.69 Å². The van der Waals surface area contributed by atoms with Crippen LogP contribution in [0.5, 0.6) is 5.75 Å². The van der Waals surface area contributed by atoms with Crippen LogP contribution in [-0.4, -0.2) is 32.3 Å². The molecule has 0 unspecified atom stereocenters. The molecule has 0 spiro atoms. The number of hydrogen-bond acceptors (Lipinski definition) is 4. The Balaban J connectivity index is 2.52. The number of carbonyl (C=O) groups excluding carboxylic acids is 1. The lowest BCUT2D eigenvalue weighted by Crippen LogP contribution is -2.21. The zero-order valence-corrected chi connectivity index (χ0v) is 12.5. The second-order valence-electron chi connectivity index (χ2n) is 4.14. The molecule has 0 amide bonds. The molecule has 0 aliphatic heterocycles. The van der Waals surface area contributed by atoms with Crippen molar-refractivity contribution >= 4 is 11.7 Å². The predicted octanol–water partition coefficient (Wildman–Crippen LogP) is 3.03. The van der Waals surface area contributed by atoms with Crippen LogP contribution >= 0.6 is 0 Å². The first-order valence-electron chi connectivity index (χ1n) is 7.02. The summed E-state index contributed by atoms with van der Waals surface area (Å²) in [7, 11) is 0. The number of esters is 1. The van der Waals surface area contributed by atoms with Gasteiger partial charge in [-0.2, -0.15) is 0 Å². The van der Waals surface area contributed by atoms with Gasteiger partial charge in [-0.25, -0.2) is 4.79 Å². The van der Waals surface area contributed by atoms with Gasteiger partial charge in [0.25, 0.3) is 0 Å². The number of rotatable bonds is 8. The van der Waals surface area contributed by atoms with Crippen molar-refractivity contribution in [1.29, 1.82) is 0 Å². The molecule has 4 heteroatoms. The molecule has 4 nitrogen and oxygen atoms in total. The highest BCUT2D eigenvalue weighted by atomic mass is 16.5. The second-order valence-corrected chi connectivity index (χ2v) is 4.14. The highest BCUT2D eigenvalue weighted by Crippen LogP contribution is 2.20. The molecule has 0 saturated heterocycles. The molecule has 1 rings (SSSR count). The minimum Gasteiger partial charge on any atom is -0.489 e. The van der Waals surface area contributed by atoms with Gasteiger partial charge in [0.15, 0.2) is 0 Å². The number of ether oxygens (including phenoxy) is 2. The average Bonchev–Trinajstić information content (AvgIpc) is 2.46. The summed E-state index contributed by atoms with van der Waals surface area (Å²) in [6.45, 7) is 8.68. The molecule has 20 heavy (non-hydrogen) atoms. The predicted molar refractivity (Wildman–Crippen MR) is 81.3 cm³/mol. The molecule has 1 aromatic rings. The van der Waals surface area contributed by atoms with Crippen molar-refractivity contribution in [3.63, 3.8) is 0 Å². The van der Waals surface area contributed by atoms with Gasteiger partial charge in [0.2, 0.25) is 0 Å². The Morgan fingerprint density at radius 2 is 2.00 bits per heavy atom. The monoisotopic (exact) mass is 277 g/mol. The first-order valence-corrected chi connectivity index (χ1v) is 7.02. The van der Waals surface area contributed by atoms with Gasteiger partial charge < -0.3 is 14.4 Å². The Morgan fingerprint density at radius 1 is 1.25 bits per heavy atom. The number of anilines is 1. The van der Waals surface area contributed by atoms with Crippen molar-refractivity contribution in [3.05, 3.63) is 36.4 Å². The van der Waals surface area contributed by atoms with E-state index in [2.05, 4.69) is 24.8 Å². The quantitative estimate of drug-likeness (QED) is 0.541. The molecule has 110 valence electrons. The van der Waals surface area contributed by atoms with Gasteiger partial charge in [-0.05, 0) is 39.0 Å². The molecule has 0 radical (unpaired) electrons. The van der Waals surface area contributed by atoms with Gasteiger partial charge in [0.1, 0.15) is 12.4 Å². The van der Waals surface area contributed by atoms with Crippen LogP contribution in [0.3, 0.4) is 0 Å². The largest absolute Gasteiger partial charge is 0.489 e. The summed E-state index contributed by atoms with van der Waals surface area (Å²) in [5.41, 5.74) is 1.14. The van der Waals surface area contributed by atoms with E-state index in [1.54, 1.807) is 13.0 Å². The Morgan fingerprint density at radius 3 is 2.65 bits per heavy atom. The molecule has 0 fully saturated rings. The van der Waals surface area contributed by atoms with Gasteiger partial charge >= 0.3 is 5.97 Å². The topological polar surface area (TPSA) is 38.8 Å². The van der Waals surface area contributed by atoms with E-state index in [4.69, 9.17) is 9.47 Å². The van der Waals surface area contributed by atoms with Crippen molar-refractivity contribution in [2.75, 3.05) is 31.2 Å². The van der Waals surface area contributed by atoms with E-state index >= 15 is 0 Å². The normalized spacial score (nSPS) is 10.6. The van der Waals surface area contributed by atoms with E-state index in [0.717, 1.165) is 24.5 Å². The maximum absolute atomic E-state index is 11.1. The zero-order chi connectivity index (χ0) is 14.8. The van der Waals surface area contributed by atoms with Crippen LogP contribution in [-0.2, 0) is 9.53 Å². The molecule has 0 aliphatic carbocycles. The third kappa shape index (κ3) is 5.34. The van der Waals surface area contributed by atoms with Gasteiger partial charge in [0.05, 0.1) is 6.61 Å². The summed E-state index contributed by atoms with van der Waals surface area (Å²) < 4.78 is 10.4. The summed E-state index contributed by atoms with van der Waals surface area (Å²) >= 11 is 0. The van der Waals surface area contributed by atoms with Gasteiger partial charge in [0, 0.05) is 30.9 Å². The molecule has 1 aromatic carbocycles. The molecule has 0 bridgehead atoms. The number of carbonyl (C=O) groups is 1. The fraction of sp³-hybridized carbons (Fsp3) is 0.438. The van der Waals surface area contributed by atoms with E-state index in [9.17, 15) is 4.79 Å². The van der Waals surface area contributed by atoms with E-state index in [-0.39, 0.29) is 5.97 Å². The maximum Gasteiger partial charge on any atom is 0.330 e. The Labute approximate surface area is 121 Å². The third-order valence-electron chi connectivity index (χ3n) is 2.83. The minimum atomic E-state index is -0.340. The summed E-state index contributed by atoms with van der Waals surface area (Å²) in [5, 5.41) is 0. The second kappa shape index (κ2) is 9.02. The molecular formula is C16H23NO3. The van der Waals surface area contributed by atoms with Crippen molar-refractivity contribution in [2.24, 2.45) is 0 Å². The van der Waals surface area contributed by atoms with Crippen LogP contribution < -0.4 is 9.64 Å². The first kappa shape index (κ1) is 16.1. The van der Waals surface area contributed by atoms with Gasteiger partial charge in [-0.1, -0.05) is 6.07 Å². The molecule has 0 saturated carbocycles. The fourth-order valence-corrected chi connectivity index (χ4v) is 1.84. The Hall–Kier alpha value is -1.97. The van der Waals surface area contributed by atoms with Crippen LogP contribution in [0.2, 0.25) is 0 Å². The molecular weight excluding hydrogens is 254 g/mol. The maximum atomic E-state index is 11.1. The van der Waals surface area contributed by atoms with Crippen LogP contribution in [0.15, 0.2) is 36.4 Å². The number of nitrogens with zero attached hydrogens (tertiary/aromatic N) is 1. The lowest BCUT2D eigenvalue weighted by molar-refractivity contribution is -0.137. The highest BCUT2D eigenvalue weighted by molar-refractivity contribution is 5.81. The Bertz CT molecular complexity index is 439. The summed E-state index contributed by atoms with van der Waals surface area (Å²) in [6.07, 6.45) is 3.04. The van der Waals surface area contributed by atoms with Gasteiger partial charge in [-0.15, -0.1) is 0 Å². The van der Waals surface area contributed by atoms with E-state index in [0.29, 0.717) is 13.2 Å². The van der Waals surface area contributed by atoms with Crippen LogP contribution in [0, 0.1) is 0 Å². The summed E-state index contributed by atoms with van der Waals surface area (Å²) in [5.74, 6) is 0.455. The standard InChI is InChI=1S/C16H23NO3/c1-4-17(5-2)14-9-7-10-15(13-14)20-12-8-11-16(18)19-6-3/h7-11,13H,4-6,12H2,1-3H3/b11-8+. The summed E-state index contributed by atoms with van der Waals surface area (Å²) in [6, 6.07) is 7.95. The van der Waals surface area contributed by atoms with Crippen LogP contribution in [0.1, 0.15) is 20.8 Å². The molecule has 0 heterocycles. The smallest absolute Gasteiger partial charge is 0.330 e. The third-order valence-corrected chi connectivity index (χ3v) is 2.83. The lowest BCUT2D eigenvalue weighted by Gasteiger charge is -2.21. The molecule has 0 aliphatic rings. The number of benzene rings is 1. The highest BCUT2D eigenvalue weighted by Gasteiger charge is 2.02. The van der Waals surface area contributed by atoms with Gasteiger partial charge in [-0.3, -0.25) is 0 Å².